The van der Waals surface area contributed by atoms with Crippen LogP contribution >= 0.6 is 0 Å². The van der Waals surface area contributed by atoms with E-state index in [1.807, 2.05) is 13.8 Å². The minimum absolute atomic E-state index is 0.0684. The number of rotatable bonds is 4. The van der Waals surface area contributed by atoms with E-state index in [9.17, 15) is 13.2 Å². The zero-order valence-electron chi connectivity index (χ0n) is 11.7. The number of hydrogen-bond donors (Lipinski definition) is 1. The molecule has 0 amide bonds. The second-order valence-electron chi connectivity index (χ2n) is 5.48. The summed E-state index contributed by atoms with van der Waals surface area (Å²) in [4.78, 5) is 5.84. The van der Waals surface area contributed by atoms with Crippen molar-refractivity contribution in [2.75, 3.05) is 18.0 Å². The van der Waals surface area contributed by atoms with Crippen molar-refractivity contribution in [1.82, 2.24) is 10.3 Å². The SMILES string of the molecule is CC(C)NCc1coc(N2CCCC(C(F)(F)F)C2)n1. The molecule has 1 unspecified atom stereocenters. The fraction of sp³-hybridized carbons (Fsp3) is 0.769. The molecule has 7 heteroatoms. The lowest BCUT2D eigenvalue weighted by Crippen LogP contribution is -2.41. The Labute approximate surface area is 116 Å². The molecule has 1 fully saturated rings. The third-order valence-electron chi connectivity index (χ3n) is 3.39. The fourth-order valence-electron chi connectivity index (χ4n) is 2.25. The van der Waals surface area contributed by atoms with Gasteiger partial charge in [-0.2, -0.15) is 18.2 Å². The number of halogens is 3. The molecule has 0 aliphatic carbocycles. The maximum atomic E-state index is 12.8. The number of piperidine rings is 1. The van der Waals surface area contributed by atoms with E-state index in [1.165, 1.54) is 6.26 Å². The lowest BCUT2D eigenvalue weighted by atomic mass is 9.98. The second kappa shape index (κ2) is 6.03. The minimum atomic E-state index is -4.15. The van der Waals surface area contributed by atoms with E-state index in [4.69, 9.17) is 4.42 Å². The summed E-state index contributed by atoms with van der Waals surface area (Å²) in [7, 11) is 0. The highest BCUT2D eigenvalue weighted by Crippen LogP contribution is 2.34. The molecule has 4 nitrogen and oxygen atoms in total. The van der Waals surface area contributed by atoms with E-state index in [0.717, 1.165) is 0 Å². The molecule has 1 aliphatic heterocycles. The highest BCUT2D eigenvalue weighted by molar-refractivity contribution is 5.28. The fourth-order valence-corrected chi connectivity index (χ4v) is 2.25. The molecule has 1 N–H and O–H groups in total. The number of nitrogens with zero attached hydrogens (tertiary/aromatic N) is 2. The number of hydrogen-bond acceptors (Lipinski definition) is 4. The number of alkyl halides is 3. The summed E-state index contributed by atoms with van der Waals surface area (Å²) in [5, 5.41) is 3.19. The van der Waals surface area contributed by atoms with Crippen LogP contribution in [0, 0.1) is 5.92 Å². The van der Waals surface area contributed by atoms with E-state index in [0.29, 0.717) is 37.3 Å². The highest BCUT2D eigenvalue weighted by atomic mass is 19.4. The van der Waals surface area contributed by atoms with Crippen molar-refractivity contribution in [2.24, 2.45) is 5.92 Å². The average Bonchev–Trinajstić information content (AvgIpc) is 2.84. The summed E-state index contributed by atoms with van der Waals surface area (Å²) in [5.41, 5.74) is 0.711. The van der Waals surface area contributed by atoms with Gasteiger partial charge in [-0.05, 0) is 12.8 Å². The Hall–Kier alpha value is -1.24. The van der Waals surface area contributed by atoms with Crippen LogP contribution in [-0.4, -0.2) is 30.3 Å². The van der Waals surface area contributed by atoms with Gasteiger partial charge in [0.2, 0.25) is 0 Å². The van der Waals surface area contributed by atoms with Crippen LogP contribution in [0.4, 0.5) is 19.2 Å². The van der Waals surface area contributed by atoms with Crippen molar-refractivity contribution in [3.05, 3.63) is 12.0 Å². The van der Waals surface area contributed by atoms with Gasteiger partial charge in [0.25, 0.3) is 6.01 Å². The normalized spacial score (nSPS) is 20.7. The number of aromatic nitrogens is 1. The number of anilines is 1. The van der Waals surface area contributed by atoms with Gasteiger partial charge >= 0.3 is 6.18 Å². The summed E-state index contributed by atoms with van der Waals surface area (Å²) >= 11 is 0. The van der Waals surface area contributed by atoms with Crippen molar-refractivity contribution in [2.45, 2.75) is 45.5 Å². The van der Waals surface area contributed by atoms with Gasteiger partial charge in [0.1, 0.15) is 6.26 Å². The first kappa shape index (κ1) is 15.2. The molecule has 1 aromatic rings. The van der Waals surface area contributed by atoms with Crippen LogP contribution in [-0.2, 0) is 6.54 Å². The van der Waals surface area contributed by atoms with E-state index in [1.54, 1.807) is 4.90 Å². The quantitative estimate of drug-likeness (QED) is 0.926. The lowest BCUT2D eigenvalue weighted by Gasteiger charge is -2.32. The number of oxazole rings is 1. The summed E-state index contributed by atoms with van der Waals surface area (Å²) in [6, 6.07) is 0.610. The van der Waals surface area contributed by atoms with Gasteiger partial charge in [0.15, 0.2) is 0 Å². The summed E-state index contributed by atoms with van der Waals surface area (Å²) in [5.74, 6) is -1.29. The molecule has 20 heavy (non-hydrogen) atoms. The van der Waals surface area contributed by atoms with Crippen LogP contribution < -0.4 is 10.2 Å². The zero-order chi connectivity index (χ0) is 14.8. The van der Waals surface area contributed by atoms with Crippen LogP contribution in [0.15, 0.2) is 10.7 Å². The third kappa shape index (κ3) is 3.88. The first-order chi connectivity index (χ1) is 9.36. The molecule has 0 bridgehead atoms. The zero-order valence-corrected chi connectivity index (χ0v) is 11.7. The van der Waals surface area contributed by atoms with Crippen molar-refractivity contribution >= 4 is 6.01 Å². The number of nitrogens with one attached hydrogen (secondary N) is 1. The standard InChI is InChI=1S/C13H20F3N3O/c1-9(2)17-6-11-8-20-12(18-11)19-5-3-4-10(7-19)13(14,15)16/h8-10,17H,3-7H2,1-2H3. The molecule has 1 aromatic heterocycles. The van der Waals surface area contributed by atoms with Crippen LogP contribution in [0.3, 0.4) is 0 Å². The highest BCUT2D eigenvalue weighted by Gasteiger charge is 2.42. The molecule has 1 aliphatic rings. The van der Waals surface area contributed by atoms with Gasteiger partial charge in [-0.15, -0.1) is 0 Å². The van der Waals surface area contributed by atoms with Crippen LogP contribution in [0.1, 0.15) is 32.4 Å². The van der Waals surface area contributed by atoms with Gasteiger partial charge in [-0.25, -0.2) is 0 Å². The van der Waals surface area contributed by atoms with Crippen molar-refractivity contribution in [3.8, 4) is 0 Å². The van der Waals surface area contributed by atoms with Gasteiger partial charge in [0, 0.05) is 25.7 Å². The van der Waals surface area contributed by atoms with Crippen molar-refractivity contribution in [3.63, 3.8) is 0 Å². The van der Waals surface area contributed by atoms with E-state index < -0.39 is 12.1 Å². The topological polar surface area (TPSA) is 41.3 Å². The van der Waals surface area contributed by atoms with Gasteiger partial charge in [-0.1, -0.05) is 13.8 Å². The summed E-state index contributed by atoms with van der Waals surface area (Å²) < 4.78 is 43.6. The Kier molecular flexibility index (Phi) is 4.57. The van der Waals surface area contributed by atoms with Crippen LogP contribution in [0.5, 0.6) is 0 Å². The molecule has 2 heterocycles. The molecular formula is C13H20F3N3O. The molecule has 0 aromatic carbocycles. The molecule has 1 atom stereocenters. The predicted molar refractivity (Wildman–Crippen MR) is 69.5 cm³/mol. The lowest BCUT2D eigenvalue weighted by molar-refractivity contribution is -0.176. The second-order valence-corrected chi connectivity index (χ2v) is 5.48. The summed E-state index contributed by atoms with van der Waals surface area (Å²) in [6.45, 7) is 5.07. The van der Waals surface area contributed by atoms with Crippen LogP contribution in [0.2, 0.25) is 0 Å². The Balaban J connectivity index is 1.97. The van der Waals surface area contributed by atoms with Gasteiger partial charge in [-0.3, -0.25) is 0 Å². The van der Waals surface area contributed by atoms with Gasteiger partial charge in [0.05, 0.1) is 11.6 Å². The molecule has 0 spiro atoms. The first-order valence-corrected chi connectivity index (χ1v) is 6.85. The summed E-state index contributed by atoms with van der Waals surface area (Å²) in [6.07, 6.45) is -1.95. The van der Waals surface area contributed by atoms with E-state index >= 15 is 0 Å². The maximum Gasteiger partial charge on any atom is 0.393 e. The first-order valence-electron chi connectivity index (χ1n) is 6.85. The average molecular weight is 291 g/mol. The molecule has 0 radical (unpaired) electrons. The smallest absolute Gasteiger partial charge is 0.393 e. The predicted octanol–water partition coefficient (Wildman–Crippen LogP) is 2.95. The van der Waals surface area contributed by atoms with Gasteiger partial charge < -0.3 is 14.6 Å². The molecule has 2 rings (SSSR count). The Bertz CT molecular complexity index is 431. The molecular weight excluding hydrogens is 271 g/mol. The van der Waals surface area contributed by atoms with E-state index in [-0.39, 0.29) is 13.0 Å². The minimum Gasteiger partial charge on any atom is -0.432 e. The largest absolute Gasteiger partial charge is 0.432 e. The molecule has 114 valence electrons. The molecule has 1 saturated heterocycles. The maximum absolute atomic E-state index is 12.8. The van der Waals surface area contributed by atoms with Crippen molar-refractivity contribution < 1.29 is 17.6 Å². The van der Waals surface area contributed by atoms with Crippen LogP contribution in [0.25, 0.3) is 0 Å². The molecule has 0 saturated carbocycles. The van der Waals surface area contributed by atoms with E-state index in [2.05, 4.69) is 10.3 Å². The Morgan fingerprint density at radius 3 is 2.90 bits per heavy atom. The van der Waals surface area contributed by atoms with Crippen molar-refractivity contribution in [1.29, 1.82) is 0 Å². The Morgan fingerprint density at radius 2 is 2.25 bits per heavy atom. The third-order valence-corrected chi connectivity index (χ3v) is 3.39. The monoisotopic (exact) mass is 291 g/mol. The Morgan fingerprint density at radius 1 is 1.50 bits per heavy atom.